The van der Waals surface area contributed by atoms with Crippen molar-refractivity contribution in [1.82, 2.24) is 15.5 Å². The van der Waals surface area contributed by atoms with Gasteiger partial charge in [0.05, 0.1) is 30.6 Å². The Morgan fingerprint density at radius 3 is 2.69 bits per heavy atom. The van der Waals surface area contributed by atoms with Gasteiger partial charge in [-0.3, -0.25) is 14.4 Å². The van der Waals surface area contributed by atoms with Gasteiger partial charge in [-0.1, -0.05) is 43.7 Å². The van der Waals surface area contributed by atoms with E-state index in [0.717, 1.165) is 18.4 Å². The summed E-state index contributed by atoms with van der Waals surface area (Å²) in [5, 5.41) is 15.7. The lowest BCUT2D eigenvalue weighted by molar-refractivity contribution is -0.145. The number of benzene rings is 1. The van der Waals surface area contributed by atoms with Crippen molar-refractivity contribution in [1.29, 1.82) is 0 Å². The third kappa shape index (κ3) is 3.69. The van der Waals surface area contributed by atoms with E-state index in [9.17, 15) is 19.5 Å². The maximum atomic E-state index is 13.6. The van der Waals surface area contributed by atoms with E-state index in [1.54, 1.807) is 6.92 Å². The number of aliphatic hydroxyl groups excluding tert-OH is 1. The Kier molecular flexibility index (Phi) is 6.53. The second kappa shape index (κ2) is 9.19. The quantitative estimate of drug-likeness (QED) is 0.493. The SMILES string of the molecule is CCCCNC(=O)C1N([C@H](C)CO)C(=O)[C@@H]2[C@@H](C(=O)NCc3ccccc3)[C@H]3CCC12O3. The summed E-state index contributed by atoms with van der Waals surface area (Å²) in [5.74, 6) is -2.11. The van der Waals surface area contributed by atoms with Crippen LogP contribution in [0.2, 0.25) is 0 Å². The molecule has 0 saturated carbocycles. The standard InChI is InChI=1S/C24H33N3O5/c1-3-4-12-25-22(30)20-24-11-10-17(32-24)18(19(24)23(31)27(20)15(2)14-28)21(29)26-13-16-8-6-5-7-9-16/h5-9,15,17-20,28H,3-4,10-14H2,1-2H3,(H,25,30)(H,26,29)/t15-,17-,18+,19+,20?,24?/m1/s1. The first kappa shape index (κ1) is 22.7. The molecule has 3 heterocycles. The Morgan fingerprint density at radius 2 is 2.00 bits per heavy atom. The number of hydrogen-bond donors (Lipinski definition) is 3. The van der Waals surface area contributed by atoms with Crippen molar-refractivity contribution in [2.45, 2.75) is 69.9 Å². The lowest BCUT2D eigenvalue weighted by atomic mass is 9.70. The lowest BCUT2D eigenvalue weighted by Gasteiger charge is -2.35. The number of nitrogens with zero attached hydrogens (tertiary/aromatic N) is 1. The number of carbonyl (C=O) groups is 3. The smallest absolute Gasteiger partial charge is 0.245 e. The Labute approximate surface area is 188 Å². The Morgan fingerprint density at radius 1 is 1.25 bits per heavy atom. The highest BCUT2D eigenvalue weighted by atomic mass is 16.5. The summed E-state index contributed by atoms with van der Waals surface area (Å²) >= 11 is 0. The van der Waals surface area contributed by atoms with Crippen molar-refractivity contribution < 1.29 is 24.2 Å². The van der Waals surface area contributed by atoms with Crippen LogP contribution in [0, 0.1) is 11.8 Å². The summed E-state index contributed by atoms with van der Waals surface area (Å²) < 4.78 is 6.34. The predicted molar refractivity (Wildman–Crippen MR) is 117 cm³/mol. The van der Waals surface area contributed by atoms with Crippen molar-refractivity contribution in [2.24, 2.45) is 11.8 Å². The average Bonchev–Trinajstić information content (AvgIpc) is 3.45. The first-order valence-electron chi connectivity index (χ1n) is 11.6. The van der Waals surface area contributed by atoms with E-state index in [4.69, 9.17) is 4.74 Å². The molecule has 1 aromatic carbocycles. The number of carbonyl (C=O) groups excluding carboxylic acids is 3. The second-order valence-electron chi connectivity index (χ2n) is 9.18. The average molecular weight is 444 g/mol. The molecule has 3 aliphatic heterocycles. The predicted octanol–water partition coefficient (Wildman–Crippen LogP) is 0.975. The van der Waals surface area contributed by atoms with Crippen molar-refractivity contribution in [3.63, 3.8) is 0 Å². The number of hydrogen-bond acceptors (Lipinski definition) is 5. The van der Waals surface area contributed by atoms with Crippen LogP contribution >= 0.6 is 0 Å². The van der Waals surface area contributed by atoms with Gasteiger partial charge < -0.3 is 25.4 Å². The molecule has 3 saturated heterocycles. The van der Waals surface area contributed by atoms with Crippen LogP contribution in [0.15, 0.2) is 30.3 Å². The van der Waals surface area contributed by atoms with Gasteiger partial charge in [0.2, 0.25) is 17.7 Å². The van der Waals surface area contributed by atoms with Crippen molar-refractivity contribution in [2.75, 3.05) is 13.2 Å². The molecule has 32 heavy (non-hydrogen) atoms. The van der Waals surface area contributed by atoms with Gasteiger partial charge in [0.15, 0.2) is 0 Å². The number of rotatable bonds is 9. The lowest BCUT2D eigenvalue weighted by Crippen LogP contribution is -2.57. The van der Waals surface area contributed by atoms with Crippen LogP contribution in [0.5, 0.6) is 0 Å². The fourth-order valence-corrected chi connectivity index (χ4v) is 5.64. The molecule has 3 amide bonds. The molecule has 0 radical (unpaired) electrons. The van der Waals surface area contributed by atoms with E-state index in [2.05, 4.69) is 10.6 Å². The second-order valence-corrected chi connectivity index (χ2v) is 9.18. The summed E-state index contributed by atoms with van der Waals surface area (Å²) in [6.07, 6.45) is 2.59. The van der Waals surface area contributed by atoms with Crippen LogP contribution in [-0.4, -0.2) is 64.7 Å². The maximum Gasteiger partial charge on any atom is 0.245 e. The summed E-state index contributed by atoms with van der Waals surface area (Å²) in [6, 6.07) is 8.22. The van der Waals surface area contributed by atoms with E-state index < -0.39 is 29.5 Å². The zero-order chi connectivity index (χ0) is 22.9. The molecule has 3 fully saturated rings. The third-order valence-corrected chi connectivity index (χ3v) is 7.17. The van der Waals surface area contributed by atoms with E-state index in [-0.39, 0.29) is 30.4 Å². The first-order chi connectivity index (χ1) is 15.4. The fraction of sp³-hybridized carbons (Fsp3) is 0.625. The highest BCUT2D eigenvalue weighted by molar-refractivity contribution is 5.99. The van der Waals surface area contributed by atoms with Gasteiger partial charge >= 0.3 is 0 Å². The van der Waals surface area contributed by atoms with E-state index in [0.29, 0.717) is 25.9 Å². The van der Waals surface area contributed by atoms with E-state index >= 15 is 0 Å². The number of ether oxygens (including phenoxy) is 1. The molecule has 1 aromatic rings. The van der Waals surface area contributed by atoms with Crippen molar-refractivity contribution >= 4 is 17.7 Å². The molecule has 3 N–H and O–H groups in total. The van der Waals surface area contributed by atoms with Crippen LogP contribution in [0.4, 0.5) is 0 Å². The molecule has 3 aliphatic rings. The molecule has 1 spiro atoms. The highest BCUT2D eigenvalue weighted by Gasteiger charge is 2.74. The summed E-state index contributed by atoms with van der Waals surface area (Å²) in [5.41, 5.74) is -0.0444. The van der Waals surface area contributed by atoms with Gasteiger partial charge in [-0.25, -0.2) is 0 Å². The molecule has 8 heteroatoms. The summed E-state index contributed by atoms with van der Waals surface area (Å²) in [6.45, 7) is 4.39. The number of nitrogens with one attached hydrogen (secondary N) is 2. The number of unbranched alkanes of at least 4 members (excludes halogenated alkanes) is 1. The van der Waals surface area contributed by atoms with Gasteiger partial charge in [0.25, 0.3) is 0 Å². The van der Waals surface area contributed by atoms with Crippen LogP contribution in [-0.2, 0) is 25.7 Å². The van der Waals surface area contributed by atoms with Gasteiger partial charge in [-0.05, 0) is 31.7 Å². The Bertz CT molecular complexity index is 862. The third-order valence-electron chi connectivity index (χ3n) is 7.17. The number of amides is 3. The molecule has 0 aromatic heterocycles. The minimum Gasteiger partial charge on any atom is -0.394 e. The molecule has 8 nitrogen and oxygen atoms in total. The summed E-state index contributed by atoms with van der Waals surface area (Å²) in [4.78, 5) is 41.5. The largest absolute Gasteiger partial charge is 0.394 e. The molecule has 2 bridgehead atoms. The van der Waals surface area contributed by atoms with Crippen molar-refractivity contribution in [3.05, 3.63) is 35.9 Å². The number of aliphatic hydroxyl groups is 1. The normalized spacial score (nSPS) is 31.5. The van der Waals surface area contributed by atoms with Gasteiger partial charge in [-0.15, -0.1) is 0 Å². The van der Waals surface area contributed by atoms with Crippen LogP contribution in [0.1, 0.15) is 45.1 Å². The van der Waals surface area contributed by atoms with E-state index in [1.807, 2.05) is 37.3 Å². The Balaban J connectivity index is 1.58. The molecular formula is C24H33N3O5. The van der Waals surface area contributed by atoms with Crippen molar-refractivity contribution in [3.8, 4) is 0 Å². The molecule has 6 atom stereocenters. The molecular weight excluding hydrogens is 410 g/mol. The van der Waals surface area contributed by atoms with E-state index in [1.165, 1.54) is 4.90 Å². The Hall–Kier alpha value is -2.45. The zero-order valence-corrected chi connectivity index (χ0v) is 18.8. The minimum atomic E-state index is -1.02. The van der Waals surface area contributed by atoms with Gasteiger partial charge in [0.1, 0.15) is 11.6 Å². The van der Waals surface area contributed by atoms with Gasteiger partial charge in [0, 0.05) is 13.1 Å². The molecule has 2 unspecified atom stereocenters. The zero-order valence-electron chi connectivity index (χ0n) is 18.8. The fourth-order valence-electron chi connectivity index (χ4n) is 5.64. The monoisotopic (exact) mass is 443 g/mol. The number of fused-ring (bicyclic) bond motifs is 1. The maximum absolute atomic E-state index is 13.6. The van der Waals surface area contributed by atoms with Gasteiger partial charge in [-0.2, -0.15) is 0 Å². The number of likely N-dealkylation sites (tertiary alicyclic amines) is 1. The molecule has 174 valence electrons. The first-order valence-corrected chi connectivity index (χ1v) is 11.6. The molecule has 4 rings (SSSR count). The topological polar surface area (TPSA) is 108 Å². The highest BCUT2D eigenvalue weighted by Crippen LogP contribution is 2.58. The summed E-state index contributed by atoms with van der Waals surface area (Å²) in [7, 11) is 0. The van der Waals surface area contributed by atoms with Crippen LogP contribution in [0.25, 0.3) is 0 Å². The van der Waals surface area contributed by atoms with Crippen LogP contribution < -0.4 is 10.6 Å². The van der Waals surface area contributed by atoms with Crippen LogP contribution in [0.3, 0.4) is 0 Å². The minimum absolute atomic E-state index is 0.220. The molecule has 0 aliphatic carbocycles.